The first-order chi connectivity index (χ1) is 15.2. The molecule has 0 bridgehead atoms. The van der Waals surface area contributed by atoms with Crippen molar-refractivity contribution >= 4 is 17.5 Å². The van der Waals surface area contributed by atoms with Crippen molar-refractivity contribution in [1.29, 1.82) is 0 Å². The molecule has 0 aromatic heterocycles. The third-order valence-corrected chi connectivity index (χ3v) is 5.55. The Kier molecular flexibility index (Phi) is 5.55. The average Bonchev–Trinajstić information content (AvgIpc) is 3.15. The zero-order valence-corrected chi connectivity index (χ0v) is 17.2. The predicted octanol–water partition coefficient (Wildman–Crippen LogP) is 2.90. The Morgan fingerprint density at radius 1 is 1.09 bits per heavy atom. The van der Waals surface area contributed by atoms with Gasteiger partial charge in [0.2, 0.25) is 0 Å². The highest BCUT2D eigenvalue weighted by Crippen LogP contribution is 2.41. The minimum Gasteiger partial charge on any atom is -0.495 e. The molecule has 7 nitrogen and oxygen atoms in total. The molecule has 32 heavy (non-hydrogen) atoms. The number of carbonyl (C=O) groups excluding carboxylic acids is 2. The molecule has 1 fully saturated rings. The van der Waals surface area contributed by atoms with Gasteiger partial charge in [-0.05, 0) is 24.6 Å². The number of fused-ring (bicyclic) bond motifs is 1. The zero-order chi connectivity index (χ0) is 23.0. The zero-order valence-electron chi connectivity index (χ0n) is 17.2. The van der Waals surface area contributed by atoms with Crippen molar-refractivity contribution in [3.63, 3.8) is 0 Å². The quantitative estimate of drug-likeness (QED) is 0.630. The number of rotatable bonds is 4. The highest BCUT2D eigenvalue weighted by molar-refractivity contribution is 6.23. The van der Waals surface area contributed by atoms with E-state index in [1.165, 1.54) is 14.0 Å². The molecule has 2 aliphatic rings. The number of carbonyl (C=O) groups is 2. The van der Waals surface area contributed by atoms with Crippen LogP contribution in [0.2, 0.25) is 0 Å². The summed E-state index contributed by atoms with van der Waals surface area (Å²) in [5.74, 6) is -2.31. The van der Waals surface area contributed by atoms with Gasteiger partial charge in [0, 0.05) is 5.70 Å². The highest BCUT2D eigenvalue weighted by atomic mass is 19.4. The van der Waals surface area contributed by atoms with Crippen LogP contribution in [0.1, 0.15) is 18.4 Å². The van der Waals surface area contributed by atoms with Gasteiger partial charge >= 0.3 is 6.18 Å². The Morgan fingerprint density at radius 2 is 1.75 bits per heavy atom. The van der Waals surface area contributed by atoms with Crippen LogP contribution in [0.3, 0.4) is 0 Å². The summed E-state index contributed by atoms with van der Waals surface area (Å²) in [4.78, 5) is 26.1. The summed E-state index contributed by atoms with van der Waals surface area (Å²) in [6.45, 7) is 1.50. The number of nitrogens with zero attached hydrogens (tertiary/aromatic N) is 1. The fourth-order valence-electron chi connectivity index (χ4n) is 4.09. The number of halogens is 3. The number of hydrogen-bond donors (Lipinski definition) is 3. The van der Waals surface area contributed by atoms with Gasteiger partial charge in [0.25, 0.3) is 11.8 Å². The molecule has 0 saturated carbocycles. The number of nitrogens with one attached hydrogen (secondary N) is 3. The van der Waals surface area contributed by atoms with Crippen molar-refractivity contribution in [3.05, 3.63) is 71.4 Å². The number of benzene rings is 2. The molecule has 1 saturated heterocycles. The Labute approximate surface area is 182 Å². The predicted molar refractivity (Wildman–Crippen MR) is 110 cm³/mol. The average molecular weight is 446 g/mol. The Morgan fingerprint density at radius 3 is 2.41 bits per heavy atom. The third-order valence-electron chi connectivity index (χ3n) is 5.55. The van der Waals surface area contributed by atoms with Crippen LogP contribution in [0.15, 0.2) is 65.9 Å². The second kappa shape index (κ2) is 8.19. The summed E-state index contributed by atoms with van der Waals surface area (Å²) in [6, 6.07) is 12.8. The summed E-state index contributed by atoms with van der Waals surface area (Å²) < 4.78 is 46.7. The molecule has 0 radical (unpaired) electrons. The smallest absolute Gasteiger partial charge is 0.406 e. The number of allylic oxidation sites excluding steroid dienone is 1. The van der Waals surface area contributed by atoms with Gasteiger partial charge in [0.05, 0.1) is 18.7 Å². The van der Waals surface area contributed by atoms with Gasteiger partial charge < -0.3 is 15.4 Å². The maximum absolute atomic E-state index is 13.9. The van der Waals surface area contributed by atoms with Crippen LogP contribution in [-0.4, -0.2) is 42.3 Å². The number of para-hydroxylation sites is 2. The van der Waals surface area contributed by atoms with Crippen LogP contribution in [0, 0.1) is 0 Å². The largest absolute Gasteiger partial charge is 0.495 e. The molecule has 2 amide bonds. The monoisotopic (exact) mass is 446 g/mol. The van der Waals surface area contributed by atoms with E-state index in [0.29, 0.717) is 17.0 Å². The fraction of sp³-hybridized carbons (Fsp3) is 0.273. The number of amides is 2. The molecule has 2 aliphatic heterocycles. The molecule has 3 unspecified atom stereocenters. The number of ether oxygens (including phenoxy) is 1. The van der Waals surface area contributed by atoms with E-state index in [1.54, 1.807) is 54.6 Å². The van der Waals surface area contributed by atoms with E-state index in [-0.39, 0.29) is 11.3 Å². The van der Waals surface area contributed by atoms with E-state index < -0.39 is 36.1 Å². The highest BCUT2D eigenvalue weighted by Gasteiger charge is 2.58. The molecule has 10 heteroatoms. The number of alkyl halides is 3. The summed E-state index contributed by atoms with van der Waals surface area (Å²) in [6.07, 6.45) is -5.63. The lowest BCUT2D eigenvalue weighted by Crippen LogP contribution is -2.56. The molecular weight excluding hydrogens is 425 g/mol. The van der Waals surface area contributed by atoms with Crippen molar-refractivity contribution in [2.24, 2.45) is 0 Å². The first-order valence-corrected chi connectivity index (χ1v) is 9.85. The molecule has 3 atom stereocenters. The van der Waals surface area contributed by atoms with Crippen LogP contribution >= 0.6 is 0 Å². The molecule has 3 N–H and O–H groups in total. The first kappa shape index (κ1) is 21.7. The minimum absolute atomic E-state index is 0.189. The van der Waals surface area contributed by atoms with E-state index in [4.69, 9.17) is 4.74 Å². The van der Waals surface area contributed by atoms with Crippen molar-refractivity contribution in [3.8, 4) is 5.75 Å². The van der Waals surface area contributed by atoms with Gasteiger partial charge in [-0.25, -0.2) is 10.4 Å². The molecule has 168 valence electrons. The lowest BCUT2D eigenvalue weighted by Gasteiger charge is -2.34. The standard InChI is InChI=1S/C22H21F3N4O3/c1-12-16(20(30)27-14-10-6-7-11-15(14)32-2)21(31)29-19(26-12)17(13-8-4-3-5-9-13)18(28-29)22(23,24)25/h3-11,17-19,26,28H,1-2H3,(H,27,30). The topological polar surface area (TPSA) is 82.7 Å². The second-order valence-electron chi connectivity index (χ2n) is 7.50. The number of hydrazine groups is 1. The van der Waals surface area contributed by atoms with E-state index in [9.17, 15) is 22.8 Å². The summed E-state index contributed by atoms with van der Waals surface area (Å²) >= 11 is 0. The van der Waals surface area contributed by atoms with E-state index in [0.717, 1.165) is 5.01 Å². The van der Waals surface area contributed by atoms with Crippen molar-refractivity contribution in [2.75, 3.05) is 12.4 Å². The van der Waals surface area contributed by atoms with Gasteiger partial charge in [-0.1, -0.05) is 42.5 Å². The van der Waals surface area contributed by atoms with E-state index in [1.807, 2.05) is 0 Å². The first-order valence-electron chi connectivity index (χ1n) is 9.85. The Hall–Kier alpha value is -3.53. The van der Waals surface area contributed by atoms with Crippen LogP contribution in [0.25, 0.3) is 0 Å². The van der Waals surface area contributed by atoms with Crippen LogP contribution in [0.5, 0.6) is 5.75 Å². The molecule has 2 heterocycles. The van der Waals surface area contributed by atoms with Gasteiger partial charge in [-0.15, -0.1) is 0 Å². The second-order valence-corrected chi connectivity index (χ2v) is 7.50. The minimum atomic E-state index is -4.62. The number of hydrogen-bond acceptors (Lipinski definition) is 5. The molecule has 2 aromatic carbocycles. The molecule has 0 aliphatic carbocycles. The summed E-state index contributed by atoms with van der Waals surface area (Å²) in [7, 11) is 1.43. The third kappa shape index (κ3) is 3.77. The summed E-state index contributed by atoms with van der Waals surface area (Å²) in [5, 5.41) is 6.39. The number of anilines is 1. The van der Waals surface area contributed by atoms with Gasteiger partial charge in [-0.3, -0.25) is 9.59 Å². The molecule has 4 rings (SSSR count). The molecular formula is C22H21F3N4O3. The molecule has 2 aromatic rings. The van der Waals surface area contributed by atoms with Gasteiger partial charge in [0.1, 0.15) is 23.5 Å². The van der Waals surface area contributed by atoms with Gasteiger partial charge in [-0.2, -0.15) is 13.2 Å². The lowest BCUT2D eigenvalue weighted by molar-refractivity contribution is -0.161. The normalized spacial score (nSPS) is 23.0. The van der Waals surface area contributed by atoms with Crippen molar-refractivity contribution in [1.82, 2.24) is 15.8 Å². The van der Waals surface area contributed by atoms with E-state index >= 15 is 0 Å². The van der Waals surface area contributed by atoms with Crippen molar-refractivity contribution < 1.29 is 27.5 Å². The maximum atomic E-state index is 13.9. The number of methoxy groups -OCH3 is 1. The SMILES string of the molecule is COc1ccccc1NC(=O)C1=C(C)NC2C(c3ccccc3)C(C(F)(F)F)NN2C1=O. The van der Waals surface area contributed by atoms with E-state index in [2.05, 4.69) is 16.1 Å². The Balaban J connectivity index is 1.67. The van der Waals surface area contributed by atoms with Gasteiger partial charge in [0.15, 0.2) is 0 Å². The van der Waals surface area contributed by atoms with Crippen LogP contribution in [-0.2, 0) is 9.59 Å². The van der Waals surface area contributed by atoms with Crippen molar-refractivity contribution in [2.45, 2.75) is 31.2 Å². The molecule has 0 spiro atoms. The van der Waals surface area contributed by atoms with Crippen LogP contribution < -0.4 is 20.8 Å². The maximum Gasteiger partial charge on any atom is 0.406 e. The van der Waals surface area contributed by atoms with Crippen LogP contribution in [0.4, 0.5) is 18.9 Å². The Bertz CT molecular complexity index is 1070. The fourth-order valence-corrected chi connectivity index (χ4v) is 4.09. The summed E-state index contributed by atoms with van der Waals surface area (Å²) in [5.41, 5.74) is 2.94. The lowest BCUT2D eigenvalue weighted by atomic mass is 9.89.